The van der Waals surface area contributed by atoms with Crippen molar-refractivity contribution in [2.24, 2.45) is 11.3 Å². The molecule has 0 heterocycles. The molecule has 0 saturated carbocycles. The summed E-state index contributed by atoms with van der Waals surface area (Å²) in [7, 11) is 0. The van der Waals surface area contributed by atoms with Crippen molar-refractivity contribution in [3.8, 4) is 0 Å². The molecule has 2 unspecified atom stereocenters. The van der Waals surface area contributed by atoms with E-state index in [4.69, 9.17) is 14.6 Å². The van der Waals surface area contributed by atoms with E-state index in [1.54, 1.807) is 0 Å². The summed E-state index contributed by atoms with van der Waals surface area (Å²) >= 11 is 0. The van der Waals surface area contributed by atoms with E-state index in [9.17, 15) is 44.7 Å². The average molecular weight is 503 g/mol. The summed E-state index contributed by atoms with van der Waals surface area (Å²) < 4.78 is 114. The molecule has 0 rings (SSSR count). The Labute approximate surface area is 186 Å². The van der Waals surface area contributed by atoms with Crippen LogP contribution in [0.25, 0.3) is 0 Å². The fourth-order valence-corrected chi connectivity index (χ4v) is 2.75. The van der Waals surface area contributed by atoms with Gasteiger partial charge >= 0.3 is 30.2 Å². The molecule has 196 valence electrons. The summed E-state index contributed by atoms with van der Waals surface area (Å²) in [6.07, 6.45) is -7.06. The lowest BCUT2D eigenvalue weighted by Crippen LogP contribution is -2.58. The molecule has 2 atom stereocenters. The summed E-state index contributed by atoms with van der Waals surface area (Å²) in [6, 6.07) is 0. The number of hydrogen-bond acceptors (Lipinski definition) is 5. The molecule has 0 aliphatic rings. The summed E-state index contributed by atoms with van der Waals surface area (Å²) in [5, 5.41) is 10.5. The average Bonchev–Trinajstić information content (AvgIpc) is 2.72. The van der Waals surface area contributed by atoms with Crippen molar-refractivity contribution in [2.45, 2.75) is 64.2 Å². The molecule has 0 spiro atoms. The van der Waals surface area contributed by atoms with Crippen molar-refractivity contribution in [2.75, 3.05) is 33.0 Å². The molecule has 0 aliphatic heterocycles. The molecule has 0 radical (unpaired) electrons. The Bertz CT molecular complexity index is 635. The van der Waals surface area contributed by atoms with Gasteiger partial charge in [-0.15, -0.1) is 0 Å². The fourth-order valence-electron chi connectivity index (χ4n) is 2.75. The highest BCUT2D eigenvalue weighted by Gasteiger charge is 2.74. The summed E-state index contributed by atoms with van der Waals surface area (Å²) in [6.45, 7) is 2.87. The molecule has 0 aromatic carbocycles. The van der Waals surface area contributed by atoms with Crippen LogP contribution in [0, 0.1) is 11.3 Å². The Morgan fingerprint density at radius 2 is 1.61 bits per heavy atom. The first-order valence-electron chi connectivity index (χ1n) is 10.0. The van der Waals surface area contributed by atoms with Gasteiger partial charge in [0.1, 0.15) is 6.61 Å². The van der Waals surface area contributed by atoms with Gasteiger partial charge in [0.05, 0.1) is 25.7 Å². The first-order chi connectivity index (χ1) is 15.0. The molecule has 33 heavy (non-hydrogen) atoms. The molecule has 6 nitrogen and oxygen atoms in total. The van der Waals surface area contributed by atoms with Gasteiger partial charge in [0.25, 0.3) is 0 Å². The minimum Gasteiger partial charge on any atom is -0.463 e. The summed E-state index contributed by atoms with van der Waals surface area (Å²) in [5.74, 6) is -20.6. The molecule has 0 aromatic rings. The number of halogens is 8. The van der Waals surface area contributed by atoms with E-state index < -0.39 is 60.4 Å². The number of rotatable bonds is 16. The maximum Gasteiger partial charge on any atom is 0.377 e. The third-order valence-corrected chi connectivity index (χ3v) is 5.07. The van der Waals surface area contributed by atoms with E-state index in [2.05, 4.69) is 0 Å². The van der Waals surface area contributed by atoms with Crippen LogP contribution in [0.1, 0.15) is 40.0 Å². The summed E-state index contributed by atoms with van der Waals surface area (Å²) in [5.41, 5.74) is -1.34. The lowest BCUT2D eigenvalue weighted by atomic mass is 9.78. The molecule has 14 heteroatoms. The van der Waals surface area contributed by atoms with Crippen LogP contribution in [-0.4, -0.2) is 74.1 Å². The largest absolute Gasteiger partial charge is 0.463 e. The van der Waals surface area contributed by atoms with Crippen LogP contribution in [0.4, 0.5) is 35.1 Å². The maximum absolute atomic E-state index is 13.6. The second-order valence-corrected chi connectivity index (χ2v) is 7.73. The second-order valence-electron chi connectivity index (χ2n) is 7.73. The van der Waals surface area contributed by atoms with Gasteiger partial charge in [0.15, 0.2) is 0 Å². The van der Waals surface area contributed by atoms with E-state index in [1.165, 1.54) is 20.8 Å². The third-order valence-electron chi connectivity index (χ3n) is 5.07. The van der Waals surface area contributed by atoms with Crippen LogP contribution in [0.2, 0.25) is 0 Å². The molecule has 0 aromatic heterocycles. The Balaban J connectivity index is 4.92. The van der Waals surface area contributed by atoms with Crippen molar-refractivity contribution in [3.05, 3.63) is 0 Å². The highest BCUT2D eigenvalue weighted by molar-refractivity contribution is 5.83. The number of hydrogen-bond donors (Lipinski definition) is 2. The number of ether oxygens (including phenoxy) is 2. The smallest absolute Gasteiger partial charge is 0.377 e. The van der Waals surface area contributed by atoms with Crippen molar-refractivity contribution >= 4 is 11.9 Å². The van der Waals surface area contributed by atoms with Gasteiger partial charge in [-0.25, -0.2) is 8.78 Å². The predicted octanol–water partition coefficient (Wildman–Crippen LogP) is 3.66. The third kappa shape index (κ3) is 8.23. The lowest BCUT2D eigenvalue weighted by Gasteiger charge is -2.33. The minimum atomic E-state index is -6.34. The van der Waals surface area contributed by atoms with E-state index in [0.29, 0.717) is 0 Å². The number of amides is 1. The van der Waals surface area contributed by atoms with Crippen molar-refractivity contribution in [1.82, 2.24) is 5.32 Å². The number of aliphatic hydroxyl groups is 1. The number of carbonyl (C=O) groups is 2. The Morgan fingerprint density at radius 3 is 2.09 bits per heavy atom. The molecule has 0 saturated heterocycles. The molecular formula is C19H29F8NO5. The Hall–Kier alpha value is -1.70. The van der Waals surface area contributed by atoms with Gasteiger partial charge in [-0.1, -0.05) is 20.8 Å². The monoisotopic (exact) mass is 503 g/mol. The number of aliphatic hydroxyl groups excluding tert-OH is 1. The SMILES string of the molecule is CCC(C)(CC(C)C(=O)OCCOCCO)C(=O)NCCC(F)(F)C(F)(F)C(F)(F)C(F)F. The molecule has 0 aliphatic carbocycles. The molecule has 1 amide bonds. The van der Waals surface area contributed by atoms with Crippen LogP contribution in [-0.2, 0) is 19.1 Å². The highest BCUT2D eigenvalue weighted by atomic mass is 19.4. The second kappa shape index (κ2) is 12.7. The number of nitrogens with one attached hydrogen (secondary N) is 1. The van der Waals surface area contributed by atoms with Crippen LogP contribution >= 0.6 is 0 Å². The van der Waals surface area contributed by atoms with Crippen LogP contribution in [0.5, 0.6) is 0 Å². The normalized spacial score (nSPS) is 15.8. The van der Waals surface area contributed by atoms with Gasteiger partial charge in [-0.3, -0.25) is 9.59 Å². The maximum atomic E-state index is 13.6. The van der Waals surface area contributed by atoms with Gasteiger partial charge in [0, 0.05) is 18.4 Å². The zero-order valence-corrected chi connectivity index (χ0v) is 18.4. The van der Waals surface area contributed by atoms with Gasteiger partial charge < -0.3 is 19.9 Å². The van der Waals surface area contributed by atoms with Crippen LogP contribution in [0.15, 0.2) is 0 Å². The zero-order valence-electron chi connectivity index (χ0n) is 18.4. The standard InChI is InChI=1S/C19H29F8NO5/c1-4-16(3,11-12(2)13(30)33-10-9-32-8-7-29)15(31)28-6-5-17(22,23)19(26,27)18(24,25)14(20)21/h12,14,29H,4-11H2,1-3H3,(H,28,31). The van der Waals surface area contributed by atoms with Crippen molar-refractivity contribution in [1.29, 1.82) is 0 Å². The van der Waals surface area contributed by atoms with Gasteiger partial charge in [0.2, 0.25) is 5.91 Å². The molecular weight excluding hydrogens is 474 g/mol. The van der Waals surface area contributed by atoms with Crippen molar-refractivity contribution in [3.63, 3.8) is 0 Å². The van der Waals surface area contributed by atoms with Crippen molar-refractivity contribution < 1.29 is 59.3 Å². The fraction of sp³-hybridized carbons (Fsp3) is 0.895. The Morgan fingerprint density at radius 1 is 1.03 bits per heavy atom. The van der Waals surface area contributed by atoms with E-state index in [-0.39, 0.29) is 39.3 Å². The number of alkyl halides is 8. The molecule has 0 bridgehead atoms. The minimum absolute atomic E-state index is 0.0218. The van der Waals surface area contributed by atoms with Gasteiger partial charge in [-0.2, -0.15) is 26.3 Å². The zero-order chi connectivity index (χ0) is 26.1. The summed E-state index contributed by atoms with van der Waals surface area (Å²) in [4.78, 5) is 24.4. The predicted molar refractivity (Wildman–Crippen MR) is 99.5 cm³/mol. The van der Waals surface area contributed by atoms with Gasteiger partial charge in [-0.05, 0) is 12.8 Å². The number of carbonyl (C=O) groups excluding carboxylic acids is 2. The van der Waals surface area contributed by atoms with E-state index in [0.717, 1.165) is 0 Å². The van der Waals surface area contributed by atoms with E-state index >= 15 is 0 Å². The molecule has 0 fully saturated rings. The van der Waals surface area contributed by atoms with Crippen LogP contribution in [0.3, 0.4) is 0 Å². The first-order valence-corrected chi connectivity index (χ1v) is 10.0. The number of esters is 1. The first kappa shape index (κ1) is 31.3. The Kier molecular flexibility index (Phi) is 12.0. The topological polar surface area (TPSA) is 84.9 Å². The quantitative estimate of drug-likeness (QED) is 0.191. The van der Waals surface area contributed by atoms with Crippen LogP contribution < -0.4 is 5.32 Å². The highest BCUT2D eigenvalue weighted by Crippen LogP contribution is 2.49. The molecule has 2 N–H and O–H groups in total. The van der Waals surface area contributed by atoms with E-state index in [1.807, 2.05) is 5.32 Å². The lowest BCUT2D eigenvalue weighted by molar-refractivity contribution is -0.339.